The summed E-state index contributed by atoms with van der Waals surface area (Å²) in [5, 5.41) is 16.3. The Morgan fingerprint density at radius 2 is 1.87 bits per heavy atom. The van der Waals surface area contributed by atoms with Gasteiger partial charge in [0.1, 0.15) is 12.4 Å². The lowest BCUT2D eigenvalue weighted by molar-refractivity contribution is 0.0389. The van der Waals surface area contributed by atoms with Crippen molar-refractivity contribution in [3.05, 3.63) is 27.2 Å². The van der Waals surface area contributed by atoms with Crippen LogP contribution in [0.3, 0.4) is 0 Å². The fourth-order valence-electron chi connectivity index (χ4n) is 3.00. The van der Waals surface area contributed by atoms with E-state index in [9.17, 15) is 0 Å². The van der Waals surface area contributed by atoms with E-state index in [0.29, 0.717) is 6.54 Å². The van der Waals surface area contributed by atoms with Crippen molar-refractivity contribution >= 4 is 41.3 Å². The van der Waals surface area contributed by atoms with Gasteiger partial charge in [-0.2, -0.15) is 0 Å². The van der Waals surface area contributed by atoms with Crippen molar-refractivity contribution in [2.75, 3.05) is 45.9 Å². The van der Waals surface area contributed by atoms with Crippen LogP contribution in [0, 0.1) is 20.8 Å². The average Bonchev–Trinajstić information content (AvgIpc) is 3.21. The maximum Gasteiger partial charge on any atom is 0.191 e. The summed E-state index contributed by atoms with van der Waals surface area (Å²) in [5.74, 6) is 2.53. The highest BCUT2D eigenvalue weighted by Gasteiger charge is 2.11. The number of halogens is 1. The van der Waals surface area contributed by atoms with Gasteiger partial charge < -0.3 is 19.9 Å². The van der Waals surface area contributed by atoms with E-state index < -0.39 is 0 Å². The molecule has 1 fully saturated rings. The zero-order chi connectivity index (χ0) is 20.6. The topological polar surface area (TPSA) is 92.5 Å². The Hall–Kier alpha value is -1.31. The van der Waals surface area contributed by atoms with E-state index in [1.165, 1.54) is 4.88 Å². The Labute approximate surface area is 199 Å². The van der Waals surface area contributed by atoms with Gasteiger partial charge in [-0.25, -0.2) is 9.98 Å². The molecule has 0 saturated carbocycles. The quantitative estimate of drug-likeness (QED) is 0.293. The molecule has 0 bridgehead atoms. The Kier molecular flexibility index (Phi) is 10.4. The molecule has 3 heterocycles. The van der Waals surface area contributed by atoms with E-state index in [1.807, 2.05) is 18.5 Å². The number of guanidine groups is 1. The third-order valence-electron chi connectivity index (χ3n) is 5.09. The van der Waals surface area contributed by atoms with Crippen LogP contribution in [0.5, 0.6) is 0 Å². The molecular formula is C19H33IN8OS. The summed E-state index contributed by atoms with van der Waals surface area (Å²) in [6.07, 6.45) is 0.882. The van der Waals surface area contributed by atoms with Gasteiger partial charge in [0, 0.05) is 51.1 Å². The van der Waals surface area contributed by atoms with Gasteiger partial charge in [-0.15, -0.1) is 45.5 Å². The molecule has 1 saturated heterocycles. The number of rotatable bonds is 8. The molecule has 0 aliphatic carbocycles. The molecule has 168 valence electrons. The van der Waals surface area contributed by atoms with E-state index >= 15 is 0 Å². The van der Waals surface area contributed by atoms with Crippen molar-refractivity contribution < 1.29 is 4.74 Å². The SMILES string of the molecule is Cc1nc(CCNC(=NCc2nnc(C)n2C)NCCN2CCOCC2)sc1C.I. The molecule has 11 heteroatoms. The molecule has 0 aromatic carbocycles. The predicted octanol–water partition coefficient (Wildman–Crippen LogP) is 1.42. The number of aryl methyl sites for hydroxylation is 3. The lowest BCUT2D eigenvalue weighted by atomic mass is 10.4. The first-order valence-electron chi connectivity index (χ1n) is 10.1. The van der Waals surface area contributed by atoms with Crippen molar-refractivity contribution in [3.8, 4) is 0 Å². The maximum absolute atomic E-state index is 5.41. The molecule has 9 nitrogen and oxygen atoms in total. The molecule has 0 amide bonds. The standard InChI is InChI=1S/C19H32N8OS.HI/c1-14-15(2)29-18(23-14)5-6-20-19(21-7-8-27-9-11-28-12-10-27)22-13-17-25-24-16(3)26(17)4;/h5-13H2,1-4H3,(H2,20,21,22);1H. The van der Waals surface area contributed by atoms with Crippen LogP contribution >= 0.6 is 35.3 Å². The second kappa shape index (κ2) is 12.5. The summed E-state index contributed by atoms with van der Waals surface area (Å²) in [6.45, 7) is 12.8. The monoisotopic (exact) mass is 548 g/mol. The molecule has 2 aromatic rings. The third-order valence-corrected chi connectivity index (χ3v) is 6.22. The summed E-state index contributed by atoms with van der Waals surface area (Å²) in [4.78, 5) is 13.0. The lowest BCUT2D eigenvalue weighted by Gasteiger charge is -2.26. The number of nitrogens with one attached hydrogen (secondary N) is 2. The number of thiazole rings is 1. The summed E-state index contributed by atoms with van der Waals surface area (Å²) in [5.41, 5.74) is 1.13. The zero-order valence-electron chi connectivity index (χ0n) is 18.3. The van der Waals surface area contributed by atoms with E-state index in [1.54, 1.807) is 11.3 Å². The third kappa shape index (κ3) is 7.43. The van der Waals surface area contributed by atoms with Gasteiger partial charge in [-0.3, -0.25) is 4.90 Å². The fourth-order valence-corrected chi connectivity index (χ4v) is 3.94. The number of hydrogen-bond donors (Lipinski definition) is 2. The highest BCUT2D eigenvalue weighted by molar-refractivity contribution is 14.0. The molecule has 3 rings (SSSR count). The van der Waals surface area contributed by atoms with Crippen LogP contribution in [0.4, 0.5) is 0 Å². The number of morpholine rings is 1. The zero-order valence-corrected chi connectivity index (χ0v) is 21.4. The molecule has 0 unspecified atom stereocenters. The van der Waals surface area contributed by atoms with Crippen LogP contribution in [0.1, 0.15) is 27.2 Å². The molecule has 2 aromatic heterocycles. The number of aromatic nitrogens is 4. The molecule has 2 N–H and O–H groups in total. The normalized spacial score (nSPS) is 15.1. The summed E-state index contributed by atoms with van der Waals surface area (Å²) in [6, 6.07) is 0. The van der Waals surface area contributed by atoms with Gasteiger partial charge in [0.2, 0.25) is 0 Å². The van der Waals surface area contributed by atoms with Crippen LogP contribution in [-0.4, -0.2) is 76.5 Å². The molecule has 0 atom stereocenters. The number of hydrogen-bond acceptors (Lipinski definition) is 7. The predicted molar refractivity (Wildman–Crippen MR) is 131 cm³/mol. The Bertz CT molecular complexity index is 796. The minimum atomic E-state index is 0. The van der Waals surface area contributed by atoms with Crippen LogP contribution < -0.4 is 10.6 Å². The first kappa shape index (κ1) is 25.0. The van der Waals surface area contributed by atoms with Crippen molar-refractivity contribution in [1.82, 2.24) is 35.3 Å². The van der Waals surface area contributed by atoms with Gasteiger partial charge >= 0.3 is 0 Å². The molecular weight excluding hydrogens is 515 g/mol. The minimum Gasteiger partial charge on any atom is -0.379 e. The second-order valence-electron chi connectivity index (χ2n) is 7.19. The van der Waals surface area contributed by atoms with Crippen molar-refractivity contribution in [3.63, 3.8) is 0 Å². The van der Waals surface area contributed by atoms with E-state index in [-0.39, 0.29) is 24.0 Å². The lowest BCUT2D eigenvalue weighted by Crippen LogP contribution is -2.44. The van der Waals surface area contributed by atoms with Crippen molar-refractivity contribution in [1.29, 1.82) is 0 Å². The minimum absolute atomic E-state index is 0. The van der Waals surface area contributed by atoms with Crippen LogP contribution in [0.2, 0.25) is 0 Å². The van der Waals surface area contributed by atoms with Crippen LogP contribution in [-0.2, 0) is 24.8 Å². The Balaban J connectivity index is 0.00000320. The van der Waals surface area contributed by atoms with Crippen LogP contribution in [0.15, 0.2) is 4.99 Å². The Morgan fingerprint density at radius 3 is 2.50 bits per heavy atom. The largest absolute Gasteiger partial charge is 0.379 e. The smallest absolute Gasteiger partial charge is 0.191 e. The molecule has 1 aliphatic heterocycles. The second-order valence-corrected chi connectivity index (χ2v) is 8.48. The highest BCUT2D eigenvalue weighted by Crippen LogP contribution is 2.16. The van der Waals surface area contributed by atoms with Gasteiger partial charge in [0.05, 0.1) is 23.9 Å². The first-order chi connectivity index (χ1) is 14.0. The first-order valence-corrected chi connectivity index (χ1v) is 10.9. The van der Waals surface area contributed by atoms with Crippen LogP contribution in [0.25, 0.3) is 0 Å². The van der Waals surface area contributed by atoms with Crippen molar-refractivity contribution in [2.45, 2.75) is 33.7 Å². The summed E-state index contributed by atoms with van der Waals surface area (Å²) in [7, 11) is 1.96. The van der Waals surface area contributed by atoms with Gasteiger partial charge in [0.25, 0.3) is 0 Å². The van der Waals surface area contributed by atoms with Gasteiger partial charge in [0.15, 0.2) is 11.8 Å². The summed E-state index contributed by atoms with van der Waals surface area (Å²) >= 11 is 1.77. The average molecular weight is 548 g/mol. The summed E-state index contributed by atoms with van der Waals surface area (Å²) < 4.78 is 7.38. The Morgan fingerprint density at radius 1 is 1.13 bits per heavy atom. The number of aliphatic imine (C=N–C) groups is 1. The fraction of sp³-hybridized carbons (Fsp3) is 0.684. The van der Waals surface area contributed by atoms with E-state index in [0.717, 1.165) is 80.7 Å². The molecule has 0 radical (unpaired) electrons. The van der Waals surface area contributed by atoms with E-state index in [2.05, 4.69) is 44.6 Å². The van der Waals surface area contributed by atoms with Gasteiger partial charge in [-0.1, -0.05) is 0 Å². The number of nitrogens with zero attached hydrogens (tertiary/aromatic N) is 6. The highest BCUT2D eigenvalue weighted by atomic mass is 127. The number of ether oxygens (including phenoxy) is 1. The van der Waals surface area contributed by atoms with Gasteiger partial charge in [-0.05, 0) is 20.8 Å². The molecule has 0 spiro atoms. The molecule has 1 aliphatic rings. The maximum atomic E-state index is 5.41. The molecule has 30 heavy (non-hydrogen) atoms. The van der Waals surface area contributed by atoms with Crippen molar-refractivity contribution in [2.24, 2.45) is 12.0 Å². The van der Waals surface area contributed by atoms with E-state index in [4.69, 9.17) is 9.73 Å².